The topological polar surface area (TPSA) is 74.4 Å². The van der Waals surface area contributed by atoms with E-state index in [0.29, 0.717) is 23.9 Å². The van der Waals surface area contributed by atoms with Crippen LogP contribution < -0.4 is 10.5 Å². The molecule has 0 aromatic carbocycles. The molecule has 5 heteroatoms. The summed E-state index contributed by atoms with van der Waals surface area (Å²) in [6, 6.07) is 3.36. The third-order valence-corrected chi connectivity index (χ3v) is 3.58. The molecule has 1 aliphatic rings. The Morgan fingerprint density at radius 1 is 1.47 bits per heavy atom. The Balaban J connectivity index is 2.15. The quantitative estimate of drug-likeness (QED) is 0.839. The van der Waals surface area contributed by atoms with Gasteiger partial charge in [-0.3, -0.25) is 0 Å². The molecule has 2 atom stereocenters. The van der Waals surface area contributed by atoms with Gasteiger partial charge in [0.25, 0.3) is 0 Å². The smallest absolute Gasteiger partial charge is 0.343 e. The molecule has 1 aromatic heterocycles. The van der Waals surface area contributed by atoms with Crippen LogP contribution in [-0.4, -0.2) is 30.7 Å². The number of hydrogen-bond donors (Lipinski definition) is 1. The second-order valence-corrected chi connectivity index (χ2v) is 4.78. The van der Waals surface area contributed by atoms with Crippen molar-refractivity contribution in [2.75, 3.05) is 13.7 Å². The molecule has 19 heavy (non-hydrogen) atoms. The number of aromatic nitrogens is 1. The van der Waals surface area contributed by atoms with Crippen LogP contribution in [-0.2, 0) is 4.74 Å². The SMILES string of the molecule is COC(=O)c1cccnc1OC1CCCCC1CN. The van der Waals surface area contributed by atoms with Crippen LogP contribution in [0.5, 0.6) is 5.88 Å². The van der Waals surface area contributed by atoms with Crippen LogP contribution in [0.1, 0.15) is 36.0 Å². The van der Waals surface area contributed by atoms with Gasteiger partial charge < -0.3 is 15.2 Å². The average Bonchev–Trinajstić information content (AvgIpc) is 2.47. The van der Waals surface area contributed by atoms with Crippen molar-refractivity contribution in [2.45, 2.75) is 31.8 Å². The van der Waals surface area contributed by atoms with E-state index in [9.17, 15) is 4.79 Å². The summed E-state index contributed by atoms with van der Waals surface area (Å²) < 4.78 is 10.7. The van der Waals surface area contributed by atoms with Crippen LogP contribution >= 0.6 is 0 Å². The van der Waals surface area contributed by atoms with E-state index in [1.165, 1.54) is 13.5 Å². The van der Waals surface area contributed by atoms with E-state index >= 15 is 0 Å². The molecule has 104 valence electrons. The summed E-state index contributed by atoms with van der Waals surface area (Å²) in [4.78, 5) is 15.8. The predicted octanol–water partition coefficient (Wildman–Crippen LogP) is 1.76. The summed E-state index contributed by atoms with van der Waals surface area (Å²) in [5.41, 5.74) is 6.15. The highest BCUT2D eigenvalue weighted by Crippen LogP contribution is 2.28. The Labute approximate surface area is 113 Å². The number of nitrogens with zero attached hydrogens (tertiary/aromatic N) is 1. The van der Waals surface area contributed by atoms with Gasteiger partial charge in [0.2, 0.25) is 5.88 Å². The molecule has 1 aromatic rings. The minimum Gasteiger partial charge on any atom is -0.473 e. The van der Waals surface area contributed by atoms with Gasteiger partial charge in [-0.2, -0.15) is 0 Å². The molecule has 0 saturated heterocycles. The van der Waals surface area contributed by atoms with Crippen LogP contribution in [0.25, 0.3) is 0 Å². The first-order chi connectivity index (χ1) is 9.26. The summed E-state index contributed by atoms with van der Waals surface area (Å²) in [6.45, 7) is 0.602. The van der Waals surface area contributed by atoms with Crippen molar-refractivity contribution >= 4 is 5.97 Å². The minimum absolute atomic E-state index is 0.0389. The van der Waals surface area contributed by atoms with Crippen molar-refractivity contribution in [2.24, 2.45) is 11.7 Å². The first-order valence-corrected chi connectivity index (χ1v) is 6.66. The lowest BCUT2D eigenvalue weighted by molar-refractivity contribution is 0.0573. The number of hydrogen-bond acceptors (Lipinski definition) is 5. The highest BCUT2D eigenvalue weighted by atomic mass is 16.5. The number of methoxy groups -OCH3 is 1. The lowest BCUT2D eigenvalue weighted by atomic mass is 9.86. The van der Waals surface area contributed by atoms with Gasteiger partial charge in [0.1, 0.15) is 11.7 Å². The van der Waals surface area contributed by atoms with Gasteiger partial charge in [0.05, 0.1) is 7.11 Å². The Morgan fingerprint density at radius 2 is 2.26 bits per heavy atom. The molecule has 1 saturated carbocycles. The molecule has 1 aliphatic carbocycles. The van der Waals surface area contributed by atoms with Crippen molar-refractivity contribution in [3.05, 3.63) is 23.9 Å². The molecule has 0 aliphatic heterocycles. The number of carbonyl (C=O) groups is 1. The highest BCUT2D eigenvalue weighted by molar-refractivity contribution is 5.91. The third-order valence-electron chi connectivity index (χ3n) is 3.58. The number of nitrogens with two attached hydrogens (primary N) is 1. The zero-order chi connectivity index (χ0) is 13.7. The molecular weight excluding hydrogens is 244 g/mol. The summed E-state index contributed by atoms with van der Waals surface area (Å²) >= 11 is 0. The molecule has 0 radical (unpaired) electrons. The van der Waals surface area contributed by atoms with Gasteiger partial charge in [-0.05, 0) is 37.9 Å². The van der Waals surface area contributed by atoms with Crippen LogP contribution in [0.2, 0.25) is 0 Å². The molecule has 0 spiro atoms. The molecule has 1 fully saturated rings. The Morgan fingerprint density at radius 3 is 3.00 bits per heavy atom. The molecule has 5 nitrogen and oxygen atoms in total. The summed E-state index contributed by atoms with van der Waals surface area (Å²) in [5, 5.41) is 0. The van der Waals surface area contributed by atoms with E-state index in [1.54, 1.807) is 18.3 Å². The van der Waals surface area contributed by atoms with Gasteiger partial charge in [0.15, 0.2) is 0 Å². The standard InChI is InChI=1S/C14H20N2O3/c1-18-14(17)11-6-4-8-16-13(11)19-12-7-3-2-5-10(12)9-15/h4,6,8,10,12H,2-3,5,7,9,15H2,1H3. The Bertz CT molecular complexity index is 436. The maximum Gasteiger partial charge on any atom is 0.343 e. The second kappa shape index (κ2) is 6.52. The van der Waals surface area contributed by atoms with E-state index in [-0.39, 0.29) is 6.10 Å². The van der Waals surface area contributed by atoms with Crippen LogP contribution in [0.15, 0.2) is 18.3 Å². The third kappa shape index (κ3) is 3.23. The van der Waals surface area contributed by atoms with E-state index in [4.69, 9.17) is 15.2 Å². The van der Waals surface area contributed by atoms with Crippen LogP contribution in [0, 0.1) is 5.92 Å². The van der Waals surface area contributed by atoms with Gasteiger partial charge in [-0.25, -0.2) is 9.78 Å². The second-order valence-electron chi connectivity index (χ2n) is 4.78. The van der Waals surface area contributed by atoms with Gasteiger partial charge >= 0.3 is 5.97 Å². The Hall–Kier alpha value is -1.62. The summed E-state index contributed by atoms with van der Waals surface area (Å²) in [5.74, 6) is 0.254. The molecule has 2 N–H and O–H groups in total. The van der Waals surface area contributed by atoms with E-state index in [0.717, 1.165) is 19.3 Å². The lowest BCUT2D eigenvalue weighted by Crippen LogP contribution is -2.35. The monoisotopic (exact) mass is 264 g/mol. The molecular formula is C14H20N2O3. The van der Waals surface area contributed by atoms with Crippen LogP contribution in [0.3, 0.4) is 0 Å². The Kier molecular flexibility index (Phi) is 4.74. The maximum atomic E-state index is 11.7. The first-order valence-electron chi connectivity index (χ1n) is 6.66. The summed E-state index contributed by atoms with van der Waals surface area (Å²) in [6.07, 6.45) is 6.00. The molecule has 0 bridgehead atoms. The minimum atomic E-state index is -0.428. The number of carbonyl (C=O) groups excluding carboxylic acids is 1. The van der Waals surface area contributed by atoms with Crippen molar-refractivity contribution in [3.63, 3.8) is 0 Å². The van der Waals surface area contributed by atoms with E-state index in [1.807, 2.05) is 0 Å². The van der Waals surface area contributed by atoms with Crippen molar-refractivity contribution in [3.8, 4) is 5.88 Å². The zero-order valence-corrected chi connectivity index (χ0v) is 11.2. The summed E-state index contributed by atoms with van der Waals surface area (Å²) in [7, 11) is 1.35. The maximum absolute atomic E-state index is 11.7. The van der Waals surface area contributed by atoms with E-state index in [2.05, 4.69) is 4.98 Å². The number of ether oxygens (including phenoxy) is 2. The number of pyridine rings is 1. The van der Waals surface area contributed by atoms with Crippen molar-refractivity contribution in [1.82, 2.24) is 4.98 Å². The zero-order valence-electron chi connectivity index (χ0n) is 11.2. The molecule has 2 unspecified atom stereocenters. The van der Waals surface area contributed by atoms with Crippen molar-refractivity contribution < 1.29 is 14.3 Å². The highest BCUT2D eigenvalue weighted by Gasteiger charge is 2.27. The first kappa shape index (κ1) is 13.8. The van der Waals surface area contributed by atoms with Gasteiger partial charge in [-0.1, -0.05) is 6.42 Å². The average molecular weight is 264 g/mol. The molecule has 0 amide bonds. The molecule has 2 rings (SSSR count). The van der Waals surface area contributed by atoms with Crippen molar-refractivity contribution in [1.29, 1.82) is 0 Å². The van der Waals surface area contributed by atoms with E-state index < -0.39 is 5.97 Å². The van der Waals surface area contributed by atoms with Gasteiger partial charge in [-0.15, -0.1) is 0 Å². The normalized spacial score (nSPS) is 22.8. The fourth-order valence-corrected chi connectivity index (χ4v) is 2.49. The lowest BCUT2D eigenvalue weighted by Gasteiger charge is -2.30. The largest absolute Gasteiger partial charge is 0.473 e. The fraction of sp³-hybridized carbons (Fsp3) is 0.571. The number of esters is 1. The van der Waals surface area contributed by atoms with Gasteiger partial charge in [0, 0.05) is 12.1 Å². The predicted molar refractivity (Wildman–Crippen MR) is 71.0 cm³/mol. The fourth-order valence-electron chi connectivity index (χ4n) is 2.49. The number of rotatable bonds is 4. The van der Waals surface area contributed by atoms with Crippen LogP contribution in [0.4, 0.5) is 0 Å². The molecule has 1 heterocycles.